The zero-order chi connectivity index (χ0) is 13.9. The van der Waals surface area contributed by atoms with E-state index in [0.717, 1.165) is 36.9 Å². The van der Waals surface area contributed by atoms with Gasteiger partial charge in [-0.3, -0.25) is 0 Å². The number of halogens is 1. The van der Waals surface area contributed by atoms with Gasteiger partial charge in [-0.15, -0.1) is 11.3 Å². The van der Waals surface area contributed by atoms with Crippen LogP contribution in [0.5, 0.6) is 0 Å². The molecule has 2 rings (SSSR count). The molecule has 108 valence electrons. The van der Waals surface area contributed by atoms with Crippen LogP contribution in [0.1, 0.15) is 19.8 Å². The van der Waals surface area contributed by atoms with Gasteiger partial charge in [0.2, 0.25) is 10.0 Å². The Bertz CT molecular complexity index is 508. The molecular weight excluding hydrogens is 304 g/mol. The van der Waals surface area contributed by atoms with Gasteiger partial charge in [0, 0.05) is 13.1 Å². The Hall–Kier alpha value is -0.140. The SMILES string of the molecule is CC1CCN(CCNS(=O)(=O)c2ccc(Cl)s2)CC1. The minimum atomic E-state index is -3.39. The zero-order valence-electron chi connectivity index (χ0n) is 10.9. The molecule has 1 saturated heterocycles. The smallest absolute Gasteiger partial charge is 0.250 e. The van der Waals surface area contributed by atoms with Crippen LogP contribution in [-0.4, -0.2) is 39.5 Å². The number of sulfonamides is 1. The van der Waals surface area contributed by atoms with Gasteiger partial charge in [-0.05, 0) is 44.0 Å². The van der Waals surface area contributed by atoms with Crippen LogP contribution >= 0.6 is 22.9 Å². The van der Waals surface area contributed by atoms with Gasteiger partial charge in [-0.1, -0.05) is 18.5 Å². The predicted octanol–water partition coefficient (Wildman–Crippen LogP) is 2.41. The first kappa shape index (κ1) is 15.3. The summed E-state index contributed by atoms with van der Waals surface area (Å²) in [5, 5.41) is 0. The summed E-state index contributed by atoms with van der Waals surface area (Å²) in [7, 11) is -3.39. The van der Waals surface area contributed by atoms with Gasteiger partial charge in [-0.2, -0.15) is 0 Å². The summed E-state index contributed by atoms with van der Waals surface area (Å²) in [5.74, 6) is 0.793. The van der Waals surface area contributed by atoms with Crippen LogP contribution in [0, 0.1) is 5.92 Å². The van der Waals surface area contributed by atoms with Crippen molar-refractivity contribution < 1.29 is 8.42 Å². The summed E-state index contributed by atoms with van der Waals surface area (Å²) in [6.07, 6.45) is 2.40. The van der Waals surface area contributed by atoms with Crippen LogP contribution in [0.25, 0.3) is 0 Å². The second kappa shape index (κ2) is 6.54. The van der Waals surface area contributed by atoms with E-state index in [0.29, 0.717) is 10.9 Å². The fourth-order valence-electron chi connectivity index (χ4n) is 2.14. The molecule has 4 nitrogen and oxygen atoms in total. The molecule has 1 aromatic heterocycles. The van der Waals surface area contributed by atoms with E-state index >= 15 is 0 Å². The normalized spacial score (nSPS) is 18.8. The quantitative estimate of drug-likeness (QED) is 0.905. The molecule has 2 heterocycles. The van der Waals surface area contributed by atoms with Crippen molar-refractivity contribution in [2.75, 3.05) is 26.2 Å². The van der Waals surface area contributed by atoms with Gasteiger partial charge in [0.1, 0.15) is 4.21 Å². The van der Waals surface area contributed by atoms with Crippen LogP contribution in [0.4, 0.5) is 0 Å². The molecule has 7 heteroatoms. The van der Waals surface area contributed by atoms with Crippen LogP contribution in [0.15, 0.2) is 16.3 Å². The number of rotatable bonds is 5. The molecule has 0 aliphatic carbocycles. The molecule has 0 bridgehead atoms. The largest absolute Gasteiger partial charge is 0.302 e. The van der Waals surface area contributed by atoms with Crippen LogP contribution in [-0.2, 0) is 10.0 Å². The average molecular weight is 323 g/mol. The molecule has 1 aromatic rings. The van der Waals surface area contributed by atoms with E-state index in [9.17, 15) is 8.42 Å². The minimum absolute atomic E-state index is 0.282. The third-order valence-electron chi connectivity index (χ3n) is 3.41. The lowest BCUT2D eigenvalue weighted by Gasteiger charge is -2.30. The van der Waals surface area contributed by atoms with Gasteiger partial charge in [-0.25, -0.2) is 13.1 Å². The maximum absolute atomic E-state index is 12.0. The Kier molecular flexibility index (Phi) is 5.25. The van der Waals surface area contributed by atoms with Gasteiger partial charge in [0.05, 0.1) is 4.34 Å². The van der Waals surface area contributed by atoms with Crippen LogP contribution < -0.4 is 4.72 Å². The molecule has 0 amide bonds. The molecule has 0 radical (unpaired) electrons. The van der Waals surface area contributed by atoms with E-state index < -0.39 is 10.0 Å². The molecule has 0 spiro atoms. The van der Waals surface area contributed by atoms with Crippen molar-refractivity contribution in [3.05, 3.63) is 16.5 Å². The maximum Gasteiger partial charge on any atom is 0.250 e. The van der Waals surface area contributed by atoms with E-state index in [1.807, 2.05) is 0 Å². The van der Waals surface area contributed by atoms with E-state index in [4.69, 9.17) is 11.6 Å². The summed E-state index contributed by atoms with van der Waals surface area (Å²) in [5.41, 5.74) is 0. The number of hydrogen-bond acceptors (Lipinski definition) is 4. The number of piperidine rings is 1. The highest BCUT2D eigenvalue weighted by atomic mass is 35.5. The number of likely N-dealkylation sites (tertiary alicyclic amines) is 1. The van der Waals surface area contributed by atoms with Crippen molar-refractivity contribution in [2.45, 2.75) is 24.0 Å². The number of nitrogens with one attached hydrogen (secondary N) is 1. The molecule has 0 unspecified atom stereocenters. The lowest BCUT2D eigenvalue weighted by Crippen LogP contribution is -2.39. The fourth-order valence-corrected chi connectivity index (χ4v) is 4.69. The highest BCUT2D eigenvalue weighted by Crippen LogP contribution is 2.25. The maximum atomic E-state index is 12.0. The summed E-state index contributed by atoms with van der Waals surface area (Å²) in [6, 6.07) is 3.14. The van der Waals surface area contributed by atoms with Gasteiger partial charge >= 0.3 is 0 Å². The highest BCUT2D eigenvalue weighted by molar-refractivity contribution is 7.91. The second-order valence-electron chi connectivity index (χ2n) is 4.98. The summed E-state index contributed by atoms with van der Waals surface area (Å²) in [4.78, 5) is 2.31. The lowest BCUT2D eigenvalue weighted by molar-refractivity contribution is 0.195. The van der Waals surface area contributed by atoms with E-state index in [1.165, 1.54) is 18.9 Å². The van der Waals surface area contributed by atoms with Crippen molar-refractivity contribution in [1.29, 1.82) is 0 Å². The first-order valence-corrected chi connectivity index (χ1v) is 9.12. The van der Waals surface area contributed by atoms with Crippen molar-refractivity contribution in [3.8, 4) is 0 Å². The van der Waals surface area contributed by atoms with Gasteiger partial charge in [0.25, 0.3) is 0 Å². The highest BCUT2D eigenvalue weighted by Gasteiger charge is 2.18. The number of thiophene rings is 1. The molecule has 1 aliphatic rings. The molecule has 1 aliphatic heterocycles. The summed E-state index contributed by atoms with van der Waals surface area (Å²) >= 11 is 6.84. The number of nitrogens with zero attached hydrogens (tertiary/aromatic N) is 1. The molecular formula is C12H19ClN2O2S2. The minimum Gasteiger partial charge on any atom is -0.302 e. The van der Waals surface area contributed by atoms with Crippen molar-refractivity contribution in [3.63, 3.8) is 0 Å². The second-order valence-corrected chi connectivity index (χ2v) is 8.69. The predicted molar refractivity (Wildman–Crippen MR) is 79.4 cm³/mol. The number of hydrogen-bond donors (Lipinski definition) is 1. The first-order chi connectivity index (χ1) is 8.97. The molecule has 19 heavy (non-hydrogen) atoms. The van der Waals surface area contributed by atoms with Crippen molar-refractivity contribution in [1.82, 2.24) is 9.62 Å². The molecule has 0 atom stereocenters. The topological polar surface area (TPSA) is 49.4 Å². The zero-order valence-corrected chi connectivity index (χ0v) is 13.3. The Morgan fingerprint density at radius 1 is 1.42 bits per heavy atom. The van der Waals surface area contributed by atoms with Crippen LogP contribution in [0.3, 0.4) is 0 Å². The third kappa shape index (κ3) is 4.43. The van der Waals surface area contributed by atoms with Gasteiger partial charge < -0.3 is 4.90 Å². The Labute approximate surface area is 123 Å². The first-order valence-electron chi connectivity index (χ1n) is 6.45. The fraction of sp³-hybridized carbons (Fsp3) is 0.667. The van der Waals surface area contributed by atoms with E-state index in [2.05, 4.69) is 16.5 Å². The molecule has 0 saturated carbocycles. The van der Waals surface area contributed by atoms with E-state index in [-0.39, 0.29) is 4.21 Å². The van der Waals surface area contributed by atoms with E-state index in [1.54, 1.807) is 6.07 Å². The van der Waals surface area contributed by atoms with Crippen molar-refractivity contribution >= 4 is 33.0 Å². The molecule has 0 aromatic carbocycles. The average Bonchev–Trinajstić information content (AvgIpc) is 2.79. The third-order valence-corrected chi connectivity index (χ3v) is 6.59. The Balaban J connectivity index is 1.79. The molecule has 1 fully saturated rings. The Morgan fingerprint density at radius 2 is 2.11 bits per heavy atom. The van der Waals surface area contributed by atoms with Crippen LogP contribution in [0.2, 0.25) is 4.34 Å². The molecule has 1 N–H and O–H groups in total. The monoisotopic (exact) mass is 322 g/mol. The summed E-state index contributed by atoms with van der Waals surface area (Å²) in [6.45, 7) is 5.61. The van der Waals surface area contributed by atoms with Gasteiger partial charge in [0.15, 0.2) is 0 Å². The Morgan fingerprint density at radius 3 is 2.68 bits per heavy atom. The standard InChI is InChI=1S/C12H19ClN2O2S2/c1-10-4-7-15(8-5-10)9-6-14-19(16,17)12-3-2-11(13)18-12/h2-3,10,14H,4-9H2,1H3. The summed E-state index contributed by atoms with van der Waals surface area (Å²) < 4.78 is 27.3. The lowest BCUT2D eigenvalue weighted by atomic mass is 9.99. The van der Waals surface area contributed by atoms with Crippen molar-refractivity contribution in [2.24, 2.45) is 5.92 Å².